The molecule has 5 heteroatoms. The van der Waals surface area contributed by atoms with Gasteiger partial charge in [-0.25, -0.2) is 4.79 Å². The summed E-state index contributed by atoms with van der Waals surface area (Å²) in [6, 6.07) is 9.32. The van der Waals surface area contributed by atoms with Crippen LogP contribution in [0.5, 0.6) is 0 Å². The summed E-state index contributed by atoms with van der Waals surface area (Å²) < 4.78 is 16.9. The van der Waals surface area contributed by atoms with E-state index in [1.807, 2.05) is 65.0 Å². The van der Waals surface area contributed by atoms with Gasteiger partial charge in [-0.05, 0) is 46.8 Å². The van der Waals surface area contributed by atoms with E-state index >= 15 is 0 Å². The highest BCUT2D eigenvalue weighted by Crippen LogP contribution is 2.31. The molecule has 1 heterocycles. The number of hydrogen-bond acceptors (Lipinski definition) is 4. The molecule has 0 radical (unpaired) electrons. The van der Waals surface area contributed by atoms with Gasteiger partial charge in [0.25, 0.3) is 0 Å². The van der Waals surface area contributed by atoms with Gasteiger partial charge < -0.3 is 14.2 Å². The van der Waals surface area contributed by atoms with E-state index in [0.717, 1.165) is 5.56 Å². The maximum absolute atomic E-state index is 12.7. The zero-order valence-corrected chi connectivity index (χ0v) is 15.8. The quantitative estimate of drug-likeness (QED) is 0.771. The summed E-state index contributed by atoms with van der Waals surface area (Å²) in [7, 11) is 1.59. The van der Waals surface area contributed by atoms with Crippen LogP contribution in [0.3, 0.4) is 0 Å². The Morgan fingerprint density at radius 2 is 1.96 bits per heavy atom. The lowest BCUT2D eigenvalue weighted by Crippen LogP contribution is -2.53. The molecule has 0 saturated carbocycles. The van der Waals surface area contributed by atoms with Crippen LogP contribution in [0.15, 0.2) is 30.3 Å². The third-order valence-corrected chi connectivity index (χ3v) is 3.85. The van der Waals surface area contributed by atoms with Crippen LogP contribution in [0.4, 0.5) is 4.79 Å². The lowest BCUT2D eigenvalue weighted by Gasteiger charge is -2.36. The molecule has 1 fully saturated rings. The van der Waals surface area contributed by atoms with E-state index in [4.69, 9.17) is 14.2 Å². The molecule has 1 aromatic carbocycles. The summed E-state index contributed by atoms with van der Waals surface area (Å²) in [5.41, 5.74) is -0.469. The number of hydrogen-bond donors (Lipinski definition) is 0. The first-order valence-corrected chi connectivity index (χ1v) is 8.40. The molecule has 1 saturated heterocycles. The summed E-state index contributed by atoms with van der Waals surface area (Å²) in [4.78, 5) is 14.3. The number of carbonyl (C=O) groups excluding carboxylic acids is 1. The van der Waals surface area contributed by atoms with Crippen molar-refractivity contribution < 1.29 is 19.0 Å². The molecule has 5 nitrogen and oxygen atoms in total. The van der Waals surface area contributed by atoms with Crippen molar-refractivity contribution in [2.45, 2.75) is 58.1 Å². The number of carbonyl (C=O) groups is 1. The van der Waals surface area contributed by atoms with Gasteiger partial charge in [0.1, 0.15) is 17.4 Å². The highest BCUT2D eigenvalue weighted by atomic mass is 16.6. The lowest BCUT2D eigenvalue weighted by molar-refractivity contribution is -0.0669. The minimum Gasteiger partial charge on any atom is -0.444 e. The smallest absolute Gasteiger partial charge is 0.413 e. The van der Waals surface area contributed by atoms with Crippen LogP contribution in [-0.2, 0) is 14.2 Å². The van der Waals surface area contributed by atoms with E-state index in [2.05, 4.69) is 11.8 Å². The monoisotopic (exact) mass is 345 g/mol. The van der Waals surface area contributed by atoms with E-state index < -0.39 is 23.5 Å². The normalized spacial score (nSPS) is 20.6. The van der Waals surface area contributed by atoms with Crippen LogP contribution in [0.2, 0.25) is 0 Å². The standard InChI is InChI=1S/C20H27NO4/c1-19(2,3)25-18(22)21-16(14-24-20(21,4)5)17(23-6)13-12-15-10-8-7-9-11-15/h7-11,16-17H,14H2,1-6H3/t16-,17+/m0/s1. The molecular weight excluding hydrogens is 318 g/mol. The van der Waals surface area contributed by atoms with Gasteiger partial charge in [-0.2, -0.15) is 0 Å². The largest absolute Gasteiger partial charge is 0.444 e. The van der Waals surface area contributed by atoms with Crippen molar-refractivity contribution in [1.29, 1.82) is 0 Å². The molecule has 0 unspecified atom stereocenters. The second kappa shape index (κ2) is 7.47. The van der Waals surface area contributed by atoms with Gasteiger partial charge in [0.2, 0.25) is 0 Å². The Morgan fingerprint density at radius 3 is 2.52 bits per heavy atom. The molecule has 136 valence electrons. The first-order valence-electron chi connectivity index (χ1n) is 8.40. The Balaban J connectivity index is 2.24. The second-order valence-corrected chi connectivity index (χ2v) is 7.47. The number of amides is 1. The number of ether oxygens (including phenoxy) is 3. The molecule has 1 aromatic rings. The van der Waals surface area contributed by atoms with Gasteiger partial charge >= 0.3 is 6.09 Å². The fraction of sp³-hybridized carbons (Fsp3) is 0.550. The molecule has 0 N–H and O–H groups in total. The predicted octanol–water partition coefficient (Wildman–Crippen LogP) is 3.43. The lowest BCUT2D eigenvalue weighted by atomic mass is 10.1. The third-order valence-electron chi connectivity index (χ3n) is 3.85. The van der Waals surface area contributed by atoms with Crippen LogP contribution in [0.1, 0.15) is 40.2 Å². The Bertz CT molecular complexity index is 652. The van der Waals surface area contributed by atoms with Gasteiger partial charge in [-0.1, -0.05) is 30.0 Å². The molecule has 25 heavy (non-hydrogen) atoms. The average Bonchev–Trinajstić information content (AvgIpc) is 2.83. The zero-order chi connectivity index (χ0) is 18.7. The molecule has 2 atom stereocenters. The van der Waals surface area contributed by atoms with E-state index in [1.165, 1.54) is 0 Å². The van der Waals surface area contributed by atoms with E-state index in [0.29, 0.717) is 6.61 Å². The maximum atomic E-state index is 12.7. The van der Waals surface area contributed by atoms with E-state index in [1.54, 1.807) is 12.0 Å². The van der Waals surface area contributed by atoms with Crippen molar-refractivity contribution in [3.63, 3.8) is 0 Å². The van der Waals surface area contributed by atoms with Crippen molar-refractivity contribution in [3.8, 4) is 11.8 Å². The number of nitrogens with zero attached hydrogens (tertiary/aromatic N) is 1. The fourth-order valence-electron chi connectivity index (χ4n) is 2.71. The predicted molar refractivity (Wildman–Crippen MR) is 96.0 cm³/mol. The first-order chi connectivity index (χ1) is 11.6. The Kier molecular flexibility index (Phi) is 5.76. The summed E-state index contributed by atoms with van der Waals surface area (Å²) in [5.74, 6) is 6.21. The van der Waals surface area contributed by atoms with Crippen LogP contribution in [0.25, 0.3) is 0 Å². The molecule has 0 aliphatic carbocycles. The summed E-state index contributed by atoms with van der Waals surface area (Å²) >= 11 is 0. The Hall–Kier alpha value is -2.03. The number of rotatable bonds is 2. The van der Waals surface area contributed by atoms with Crippen LogP contribution in [-0.4, -0.2) is 48.2 Å². The van der Waals surface area contributed by atoms with Crippen LogP contribution < -0.4 is 0 Å². The Morgan fingerprint density at radius 1 is 1.32 bits per heavy atom. The highest BCUT2D eigenvalue weighted by Gasteiger charge is 2.48. The minimum absolute atomic E-state index is 0.341. The third kappa shape index (κ3) is 4.97. The molecular formula is C20H27NO4. The summed E-state index contributed by atoms with van der Waals surface area (Å²) in [5, 5.41) is 0. The van der Waals surface area contributed by atoms with Crippen molar-refractivity contribution in [2.24, 2.45) is 0 Å². The zero-order valence-electron chi connectivity index (χ0n) is 15.8. The molecule has 0 spiro atoms. The van der Waals surface area contributed by atoms with Gasteiger partial charge in [0.15, 0.2) is 0 Å². The molecule has 1 amide bonds. The topological polar surface area (TPSA) is 48.0 Å². The minimum atomic E-state index is -0.780. The molecule has 0 aromatic heterocycles. The van der Waals surface area contributed by atoms with Crippen LogP contribution >= 0.6 is 0 Å². The number of methoxy groups -OCH3 is 1. The highest BCUT2D eigenvalue weighted by molar-refractivity contribution is 5.70. The molecule has 1 aliphatic rings. The van der Waals surface area contributed by atoms with Crippen molar-refractivity contribution in [1.82, 2.24) is 4.90 Å². The van der Waals surface area contributed by atoms with Gasteiger partial charge in [-0.15, -0.1) is 0 Å². The SMILES string of the molecule is CO[C@H](C#Cc1ccccc1)[C@@H]1COC(C)(C)N1C(=O)OC(C)(C)C. The van der Waals surface area contributed by atoms with Gasteiger partial charge in [0.05, 0.1) is 12.6 Å². The van der Waals surface area contributed by atoms with Crippen molar-refractivity contribution in [2.75, 3.05) is 13.7 Å². The molecule has 0 bridgehead atoms. The van der Waals surface area contributed by atoms with E-state index in [-0.39, 0.29) is 6.04 Å². The van der Waals surface area contributed by atoms with Gasteiger partial charge in [0, 0.05) is 12.7 Å². The van der Waals surface area contributed by atoms with E-state index in [9.17, 15) is 4.79 Å². The fourth-order valence-corrected chi connectivity index (χ4v) is 2.71. The number of benzene rings is 1. The van der Waals surface area contributed by atoms with Crippen molar-refractivity contribution >= 4 is 6.09 Å². The maximum Gasteiger partial charge on any atom is 0.413 e. The average molecular weight is 345 g/mol. The van der Waals surface area contributed by atoms with Gasteiger partial charge in [-0.3, -0.25) is 4.90 Å². The summed E-state index contributed by atoms with van der Waals surface area (Å²) in [6.45, 7) is 9.54. The Labute approximate surface area is 150 Å². The molecule has 2 rings (SSSR count). The second-order valence-electron chi connectivity index (χ2n) is 7.47. The molecule has 1 aliphatic heterocycles. The summed E-state index contributed by atoms with van der Waals surface area (Å²) in [6.07, 6.45) is -0.905. The van der Waals surface area contributed by atoms with Crippen molar-refractivity contribution in [3.05, 3.63) is 35.9 Å². The first kappa shape index (κ1) is 19.3. The van der Waals surface area contributed by atoms with Crippen LogP contribution in [0, 0.1) is 11.8 Å².